The molecule has 0 amide bonds. The van der Waals surface area contributed by atoms with Crippen molar-refractivity contribution in [3.05, 3.63) is 54.1 Å². The molecule has 0 spiro atoms. The summed E-state index contributed by atoms with van der Waals surface area (Å²) in [6.07, 6.45) is -0.403. The number of ether oxygens (including phenoxy) is 1. The molecule has 3 aromatic rings. The van der Waals surface area contributed by atoms with Gasteiger partial charge in [0.15, 0.2) is 0 Å². The van der Waals surface area contributed by atoms with Gasteiger partial charge in [0.2, 0.25) is 0 Å². The fourth-order valence-electron chi connectivity index (χ4n) is 2.75. The van der Waals surface area contributed by atoms with Crippen LogP contribution in [-0.2, 0) is 10.7 Å². The third-order valence-electron chi connectivity index (χ3n) is 3.65. The number of hydrogen-bond acceptors (Lipinski definition) is 2. The molecule has 0 unspecified atom stereocenters. The summed E-state index contributed by atoms with van der Waals surface area (Å²) in [4.78, 5) is 18.7. The lowest BCUT2D eigenvalue weighted by Crippen LogP contribution is -2.08. The first-order chi connectivity index (χ1) is 10.8. The van der Waals surface area contributed by atoms with Crippen LogP contribution in [0.4, 0.5) is 0 Å². The third-order valence-corrected chi connectivity index (χ3v) is 4.40. The molecular formula is C18H19O4P. The predicted octanol–water partition coefficient (Wildman–Crippen LogP) is 4.46. The fraction of sp³-hybridized carbons (Fsp3) is 0.222. The van der Waals surface area contributed by atoms with E-state index < -0.39 is 7.60 Å². The first-order valence-corrected chi connectivity index (χ1v) is 9.29. The normalized spacial score (nSPS) is 12.2. The zero-order valence-corrected chi connectivity index (χ0v) is 14.0. The molecule has 0 aromatic heterocycles. The summed E-state index contributed by atoms with van der Waals surface area (Å²) in [6, 6.07) is 15.7. The van der Waals surface area contributed by atoms with E-state index >= 15 is 0 Å². The maximum absolute atomic E-state index is 11.4. The van der Waals surface area contributed by atoms with Crippen LogP contribution in [0.1, 0.15) is 19.4 Å². The van der Waals surface area contributed by atoms with Crippen molar-refractivity contribution in [1.82, 2.24) is 0 Å². The van der Waals surface area contributed by atoms with Crippen molar-refractivity contribution in [1.29, 1.82) is 0 Å². The van der Waals surface area contributed by atoms with Crippen molar-refractivity contribution >= 4 is 29.1 Å². The van der Waals surface area contributed by atoms with E-state index in [-0.39, 0.29) is 12.3 Å². The Morgan fingerprint density at radius 2 is 1.65 bits per heavy atom. The lowest BCUT2D eigenvalue weighted by atomic mass is 10.0. The second-order valence-electron chi connectivity index (χ2n) is 5.96. The Hall–Kier alpha value is -1.87. The van der Waals surface area contributed by atoms with Gasteiger partial charge in [-0.3, -0.25) is 4.57 Å². The van der Waals surface area contributed by atoms with Crippen LogP contribution >= 0.6 is 7.60 Å². The van der Waals surface area contributed by atoms with Crippen LogP contribution in [0.5, 0.6) is 5.75 Å². The van der Waals surface area contributed by atoms with E-state index in [0.29, 0.717) is 11.3 Å². The van der Waals surface area contributed by atoms with Crippen LogP contribution in [0, 0.1) is 0 Å². The van der Waals surface area contributed by atoms with Crippen LogP contribution < -0.4 is 4.74 Å². The first-order valence-electron chi connectivity index (χ1n) is 7.49. The Balaban J connectivity index is 2.28. The molecule has 23 heavy (non-hydrogen) atoms. The summed E-state index contributed by atoms with van der Waals surface area (Å²) >= 11 is 0. The fourth-order valence-corrected chi connectivity index (χ4v) is 3.45. The highest BCUT2D eigenvalue weighted by atomic mass is 31.2. The largest absolute Gasteiger partial charge is 0.490 e. The second kappa shape index (κ2) is 5.97. The summed E-state index contributed by atoms with van der Waals surface area (Å²) in [7, 11) is -4.16. The van der Waals surface area contributed by atoms with Crippen LogP contribution in [0.25, 0.3) is 21.5 Å². The van der Waals surface area contributed by atoms with E-state index in [1.807, 2.05) is 50.2 Å². The molecule has 0 aliphatic heterocycles. The molecule has 3 rings (SSSR count). The highest BCUT2D eigenvalue weighted by Gasteiger charge is 2.20. The third kappa shape index (κ3) is 3.56. The highest BCUT2D eigenvalue weighted by molar-refractivity contribution is 7.50. The minimum absolute atomic E-state index is 0.0809. The molecule has 0 saturated heterocycles. The lowest BCUT2D eigenvalue weighted by molar-refractivity contribution is 0.243. The molecule has 0 aliphatic rings. The van der Waals surface area contributed by atoms with Crippen LogP contribution in [0.15, 0.2) is 48.5 Å². The van der Waals surface area contributed by atoms with Gasteiger partial charge in [-0.05, 0) is 42.1 Å². The average Bonchev–Trinajstić information content (AvgIpc) is 2.46. The average molecular weight is 330 g/mol. The standard InChI is InChI=1S/C18H19O4P/c1-12(2)22-18-16(11-23(19,20)21)8-7-15-9-13-5-3-4-6-14(13)10-17(15)18/h3-10,12H,11H2,1-2H3,(H2,19,20,21). The summed E-state index contributed by atoms with van der Waals surface area (Å²) < 4.78 is 17.3. The van der Waals surface area contributed by atoms with Crippen LogP contribution in [0.2, 0.25) is 0 Å². The Labute approximate surface area is 134 Å². The van der Waals surface area contributed by atoms with Crippen molar-refractivity contribution in [2.24, 2.45) is 0 Å². The molecule has 0 saturated carbocycles. The van der Waals surface area contributed by atoms with Gasteiger partial charge in [0.05, 0.1) is 12.3 Å². The van der Waals surface area contributed by atoms with Gasteiger partial charge < -0.3 is 14.5 Å². The molecule has 4 nitrogen and oxygen atoms in total. The van der Waals surface area contributed by atoms with Crippen molar-refractivity contribution in [3.63, 3.8) is 0 Å². The summed E-state index contributed by atoms with van der Waals surface area (Å²) in [5.41, 5.74) is 0.537. The predicted molar refractivity (Wildman–Crippen MR) is 93.0 cm³/mol. The smallest absolute Gasteiger partial charge is 0.330 e. The Bertz CT molecular complexity index is 911. The molecular weight excluding hydrogens is 311 g/mol. The van der Waals surface area contributed by atoms with E-state index in [4.69, 9.17) is 4.74 Å². The first kappa shape index (κ1) is 16.0. The molecule has 5 heteroatoms. The van der Waals surface area contributed by atoms with Gasteiger partial charge >= 0.3 is 7.60 Å². The molecule has 0 aliphatic carbocycles. The molecule has 0 bridgehead atoms. The Kier molecular flexibility index (Phi) is 4.15. The monoisotopic (exact) mass is 330 g/mol. The summed E-state index contributed by atoms with van der Waals surface area (Å²) in [6.45, 7) is 3.81. The van der Waals surface area contributed by atoms with Crippen LogP contribution in [0.3, 0.4) is 0 Å². The molecule has 0 radical (unpaired) electrons. The minimum atomic E-state index is -4.16. The molecule has 3 aromatic carbocycles. The maximum atomic E-state index is 11.4. The Morgan fingerprint density at radius 1 is 1.00 bits per heavy atom. The van der Waals surface area contributed by atoms with E-state index in [1.165, 1.54) is 0 Å². The molecule has 120 valence electrons. The van der Waals surface area contributed by atoms with E-state index in [1.54, 1.807) is 6.07 Å². The number of benzene rings is 3. The molecule has 2 N–H and O–H groups in total. The van der Waals surface area contributed by atoms with Gasteiger partial charge in [0.25, 0.3) is 0 Å². The SMILES string of the molecule is CC(C)Oc1c(CP(=O)(O)O)ccc2cc3ccccc3cc12. The maximum Gasteiger partial charge on any atom is 0.330 e. The summed E-state index contributed by atoms with van der Waals surface area (Å²) in [5.74, 6) is 0.562. The van der Waals surface area contributed by atoms with Gasteiger partial charge in [-0.2, -0.15) is 0 Å². The lowest BCUT2D eigenvalue weighted by Gasteiger charge is -2.18. The number of rotatable bonds is 4. The van der Waals surface area contributed by atoms with Gasteiger partial charge in [0, 0.05) is 10.9 Å². The van der Waals surface area contributed by atoms with Crippen LogP contribution in [-0.4, -0.2) is 15.9 Å². The molecule has 0 atom stereocenters. The van der Waals surface area contributed by atoms with E-state index in [2.05, 4.69) is 6.07 Å². The zero-order chi connectivity index (χ0) is 16.6. The van der Waals surface area contributed by atoms with E-state index in [9.17, 15) is 14.4 Å². The quantitative estimate of drug-likeness (QED) is 0.547. The zero-order valence-electron chi connectivity index (χ0n) is 13.1. The number of fused-ring (bicyclic) bond motifs is 2. The van der Waals surface area contributed by atoms with Gasteiger partial charge in [-0.25, -0.2) is 0 Å². The van der Waals surface area contributed by atoms with Crippen molar-refractivity contribution in [2.45, 2.75) is 26.1 Å². The molecule has 0 fully saturated rings. The Morgan fingerprint density at radius 3 is 2.26 bits per heavy atom. The van der Waals surface area contributed by atoms with Crippen molar-refractivity contribution in [3.8, 4) is 5.75 Å². The van der Waals surface area contributed by atoms with Gasteiger partial charge in [-0.15, -0.1) is 0 Å². The van der Waals surface area contributed by atoms with Gasteiger partial charge in [0.1, 0.15) is 5.75 Å². The van der Waals surface area contributed by atoms with Crippen molar-refractivity contribution < 1.29 is 19.1 Å². The topological polar surface area (TPSA) is 66.8 Å². The van der Waals surface area contributed by atoms with Gasteiger partial charge in [-0.1, -0.05) is 36.4 Å². The highest BCUT2D eigenvalue weighted by Crippen LogP contribution is 2.44. The molecule has 0 heterocycles. The van der Waals surface area contributed by atoms with Crippen molar-refractivity contribution in [2.75, 3.05) is 0 Å². The van der Waals surface area contributed by atoms with E-state index in [0.717, 1.165) is 21.5 Å². The minimum Gasteiger partial charge on any atom is -0.490 e. The number of hydrogen-bond donors (Lipinski definition) is 2. The second-order valence-corrected chi connectivity index (χ2v) is 7.61. The summed E-state index contributed by atoms with van der Waals surface area (Å²) in [5, 5.41) is 4.07.